The highest BCUT2D eigenvalue weighted by Crippen LogP contribution is 2.32. The van der Waals surface area contributed by atoms with Gasteiger partial charge in [-0.2, -0.15) is 0 Å². The maximum absolute atomic E-state index is 10.3. The van der Waals surface area contributed by atoms with E-state index < -0.39 is 0 Å². The van der Waals surface area contributed by atoms with E-state index in [-0.39, 0.29) is 6.10 Å². The Hall–Kier alpha value is -0.420. The van der Waals surface area contributed by atoms with E-state index in [1.165, 1.54) is 56.4 Å². The van der Waals surface area contributed by atoms with Crippen molar-refractivity contribution in [3.05, 3.63) is 22.4 Å². The summed E-state index contributed by atoms with van der Waals surface area (Å²) < 4.78 is 5.68. The van der Waals surface area contributed by atoms with Gasteiger partial charge in [0.25, 0.3) is 0 Å². The van der Waals surface area contributed by atoms with Gasteiger partial charge >= 0.3 is 0 Å². The molecule has 0 bridgehead atoms. The van der Waals surface area contributed by atoms with E-state index in [4.69, 9.17) is 4.74 Å². The van der Waals surface area contributed by atoms with Crippen molar-refractivity contribution in [3.63, 3.8) is 0 Å². The predicted octanol–water partition coefficient (Wildman–Crippen LogP) is 3.67. The molecule has 1 aromatic heterocycles. The summed E-state index contributed by atoms with van der Waals surface area (Å²) in [6.07, 6.45) is 9.14. The summed E-state index contributed by atoms with van der Waals surface area (Å²) in [6, 6.07) is 4.82. The fraction of sp³-hybridized carbons (Fsp3) is 0.778. The van der Waals surface area contributed by atoms with Crippen molar-refractivity contribution in [2.75, 3.05) is 19.7 Å². The molecule has 0 radical (unpaired) electrons. The van der Waals surface area contributed by atoms with Gasteiger partial charge in [-0.1, -0.05) is 25.3 Å². The first-order valence-corrected chi connectivity index (χ1v) is 9.71. The molecule has 3 rings (SSSR count). The SMILES string of the molecule is OC(COCc1cccs1)CN(CC1CC1)C1CCCCC1. The molecule has 2 aliphatic carbocycles. The van der Waals surface area contributed by atoms with Crippen LogP contribution in [0.1, 0.15) is 49.8 Å². The van der Waals surface area contributed by atoms with E-state index in [0.29, 0.717) is 19.3 Å². The molecule has 0 amide bonds. The fourth-order valence-corrected chi connectivity index (χ4v) is 4.11. The lowest BCUT2D eigenvalue weighted by Gasteiger charge is -2.35. The minimum absolute atomic E-state index is 0.361. The van der Waals surface area contributed by atoms with Gasteiger partial charge in [-0.15, -0.1) is 11.3 Å². The molecule has 124 valence electrons. The second-order valence-electron chi connectivity index (χ2n) is 6.94. The van der Waals surface area contributed by atoms with E-state index in [2.05, 4.69) is 16.3 Å². The Morgan fingerprint density at radius 3 is 2.73 bits per heavy atom. The molecule has 2 aliphatic rings. The lowest BCUT2D eigenvalue weighted by atomic mass is 9.93. The van der Waals surface area contributed by atoms with Gasteiger partial charge in [0.15, 0.2) is 0 Å². The number of hydrogen-bond donors (Lipinski definition) is 1. The van der Waals surface area contributed by atoms with Crippen LogP contribution in [0.15, 0.2) is 17.5 Å². The highest BCUT2D eigenvalue weighted by molar-refractivity contribution is 7.09. The molecule has 4 heteroatoms. The zero-order valence-corrected chi connectivity index (χ0v) is 14.3. The van der Waals surface area contributed by atoms with Crippen molar-refractivity contribution in [2.45, 2.75) is 63.7 Å². The van der Waals surface area contributed by atoms with Crippen molar-refractivity contribution in [1.29, 1.82) is 0 Å². The number of nitrogens with zero attached hydrogens (tertiary/aromatic N) is 1. The number of aliphatic hydroxyl groups excluding tert-OH is 1. The third-order valence-electron chi connectivity index (χ3n) is 4.86. The van der Waals surface area contributed by atoms with Crippen LogP contribution in [0.3, 0.4) is 0 Å². The summed E-state index contributed by atoms with van der Waals surface area (Å²) in [5.74, 6) is 0.890. The Balaban J connectivity index is 1.41. The zero-order valence-electron chi connectivity index (χ0n) is 13.5. The molecule has 2 fully saturated rings. The first kappa shape index (κ1) is 16.4. The predicted molar refractivity (Wildman–Crippen MR) is 91.2 cm³/mol. The van der Waals surface area contributed by atoms with Crippen molar-refractivity contribution >= 4 is 11.3 Å². The fourth-order valence-electron chi connectivity index (χ4n) is 3.46. The lowest BCUT2D eigenvalue weighted by molar-refractivity contribution is -0.00166. The van der Waals surface area contributed by atoms with E-state index in [1.54, 1.807) is 11.3 Å². The first-order valence-electron chi connectivity index (χ1n) is 8.83. The highest BCUT2D eigenvalue weighted by atomic mass is 32.1. The van der Waals surface area contributed by atoms with E-state index in [1.807, 2.05) is 6.07 Å². The molecule has 1 N–H and O–H groups in total. The second-order valence-corrected chi connectivity index (χ2v) is 7.97. The second kappa shape index (κ2) is 8.44. The maximum atomic E-state index is 10.3. The molecular weight excluding hydrogens is 294 g/mol. The topological polar surface area (TPSA) is 32.7 Å². The molecule has 0 spiro atoms. The van der Waals surface area contributed by atoms with E-state index in [0.717, 1.165) is 12.5 Å². The summed E-state index contributed by atoms with van der Waals surface area (Å²) in [6.45, 7) is 3.05. The van der Waals surface area contributed by atoms with Crippen LogP contribution < -0.4 is 0 Å². The smallest absolute Gasteiger partial charge is 0.0900 e. The van der Waals surface area contributed by atoms with Crippen LogP contribution in [-0.4, -0.2) is 41.8 Å². The average molecular weight is 324 g/mol. The largest absolute Gasteiger partial charge is 0.389 e. The Kier molecular flexibility index (Phi) is 6.30. The maximum Gasteiger partial charge on any atom is 0.0900 e. The first-order chi connectivity index (χ1) is 10.8. The van der Waals surface area contributed by atoms with Crippen LogP contribution in [0, 0.1) is 5.92 Å². The normalized spacial score (nSPS) is 21.4. The van der Waals surface area contributed by atoms with Gasteiger partial charge in [-0.05, 0) is 43.0 Å². The summed E-state index contributed by atoms with van der Waals surface area (Å²) in [5, 5.41) is 12.4. The van der Waals surface area contributed by atoms with Crippen LogP contribution in [-0.2, 0) is 11.3 Å². The molecule has 1 heterocycles. The van der Waals surface area contributed by atoms with Gasteiger partial charge in [-0.25, -0.2) is 0 Å². The standard InChI is InChI=1S/C18H29NO2S/c20-17(13-21-14-18-7-4-10-22-18)12-19(11-15-8-9-15)16-5-2-1-3-6-16/h4,7,10,15-17,20H,1-3,5-6,8-9,11-14H2. The third-order valence-corrected chi connectivity index (χ3v) is 5.71. The molecule has 0 aromatic carbocycles. The Morgan fingerprint density at radius 1 is 1.23 bits per heavy atom. The average Bonchev–Trinajstić information content (AvgIpc) is 3.20. The molecule has 22 heavy (non-hydrogen) atoms. The number of ether oxygens (including phenoxy) is 1. The Morgan fingerprint density at radius 2 is 2.05 bits per heavy atom. The Bertz CT molecular complexity index is 413. The molecule has 1 unspecified atom stereocenters. The van der Waals surface area contributed by atoms with Crippen molar-refractivity contribution in [1.82, 2.24) is 4.90 Å². The van der Waals surface area contributed by atoms with Crippen LogP contribution in [0.5, 0.6) is 0 Å². The van der Waals surface area contributed by atoms with Crippen LogP contribution in [0.4, 0.5) is 0 Å². The van der Waals surface area contributed by atoms with Gasteiger partial charge in [0.05, 0.1) is 19.3 Å². The van der Waals surface area contributed by atoms with E-state index >= 15 is 0 Å². The monoisotopic (exact) mass is 323 g/mol. The summed E-state index contributed by atoms with van der Waals surface area (Å²) in [7, 11) is 0. The van der Waals surface area contributed by atoms with Crippen LogP contribution in [0.25, 0.3) is 0 Å². The zero-order chi connectivity index (χ0) is 15.2. The molecule has 0 saturated heterocycles. The van der Waals surface area contributed by atoms with Crippen molar-refractivity contribution in [3.8, 4) is 0 Å². The highest BCUT2D eigenvalue weighted by Gasteiger charge is 2.30. The molecule has 3 nitrogen and oxygen atoms in total. The van der Waals surface area contributed by atoms with Gasteiger partial charge in [0.2, 0.25) is 0 Å². The van der Waals surface area contributed by atoms with Crippen molar-refractivity contribution < 1.29 is 9.84 Å². The minimum Gasteiger partial charge on any atom is -0.389 e. The molecule has 1 aromatic rings. The molecule has 1 atom stereocenters. The van der Waals surface area contributed by atoms with Crippen LogP contribution in [0.2, 0.25) is 0 Å². The Labute approximate surface area is 138 Å². The number of rotatable bonds is 9. The third kappa shape index (κ3) is 5.34. The van der Waals surface area contributed by atoms with Crippen molar-refractivity contribution in [2.24, 2.45) is 5.92 Å². The molecule has 2 saturated carbocycles. The van der Waals surface area contributed by atoms with Gasteiger partial charge in [0, 0.05) is 24.0 Å². The molecular formula is C18H29NO2S. The number of hydrogen-bond acceptors (Lipinski definition) is 4. The quantitative estimate of drug-likeness (QED) is 0.752. The summed E-state index contributed by atoms with van der Waals surface area (Å²) >= 11 is 1.71. The number of aliphatic hydroxyl groups is 1. The minimum atomic E-state index is -0.361. The van der Waals surface area contributed by atoms with Gasteiger partial charge in [0.1, 0.15) is 0 Å². The summed E-state index contributed by atoms with van der Waals surface area (Å²) in [4.78, 5) is 3.80. The summed E-state index contributed by atoms with van der Waals surface area (Å²) in [5.41, 5.74) is 0. The number of thiophene rings is 1. The molecule has 0 aliphatic heterocycles. The van der Waals surface area contributed by atoms with E-state index in [9.17, 15) is 5.11 Å². The van der Waals surface area contributed by atoms with Gasteiger partial charge in [-0.3, -0.25) is 4.90 Å². The lowest BCUT2D eigenvalue weighted by Crippen LogP contribution is -2.43. The van der Waals surface area contributed by atoms with Crippen LogP contribution >= 0.6 is 11.3 Å². The van der Waals surface area contributed by atoms with Gasteiger partial charge < -0.3 is 9.84 Å².